The van der Waals surface area contributed by atoms with E-state index in [4.69, 9.17) is 18.3 Å². The van der Waals surface area contributed by atoms with Gasteiger partial charge in [0.05, 0.1) is 24.2 Å². The maximum Gasteiger partial charge on any atom is 0.374 e. The summed E-state index contributed by atoms with van der Waals surface area (Å²) in [5.41, 5.74) is 2.10. The van der Waals surface area contributed by atoms with Crippen LogP contribution in [0.25, 0.3) is 33.1 Å². The molecule has 31 heavy (non-hydrogen) atoms. The molecule has 4 aromatic rings. The topological polar surface area (TPSA) is 78.9 Å². The molecule has 2 aromatic heterocycles. The molecule has 6 nitrogen and oxygen atoms in total. The molecule has 0 amide bonds. The van der Waals surface area contributed by atoms with Gasteiger partial charge < -0.3 is 18.3 Å². The first-order valence-corrected chi connectivity index (χ1v) is 10.4. The van der Waals surface area contributed by atoms with Crippen molar-refractivity contribution in [1.82, 2.24) is 0 Å². The number of rotatable bonds is 7. The van der Waals surface area contributed by atoms with Crippen LogP contribution < -0.4 is 10.2 Å². The van der Waals surface area contributed by atoms with Crippen molar-refractivity contribution >= 4 is 27.9 Å². The lowest BCUT2D eigenvalue weighted by Gasteiger charge is -2.09. The number of furan rings is 1. The summed E-state index contributed by atoms with van der Waals surface area (Å²) in [6.45, 7) is 6.50. The van der Waals surface area contributed by atoms with Crippen molar-refractivity contribution in [2.75, 3.05) is 13.2 Å². The van der Waals surface area contributed by atoms with Gasteiger partial charge in [-0.15, -0.1) is 0 Å². The fourth-order valence-electron chi connectivity index (χ4n) is 3.55. The average molecular weight is 420 g/mol. The highest BCUT2D eigenvalue weighted by molar-refractivity contribution is 5.94. The second-order valence-corrected chi connectivity index (χ2v) is 7.31. The summed E-state index contributed by atoms with van der Waals surface area (Å²) in [5, 5.41) is 1.20. The zero-order chi connectivity index (χ0) is 22.0. The van der Waals surface area contributed by atoms with E-state index in [0.29, 0.717) is 51.2 Å². The van der Waals surface area contributed by atoms with E-state index in [2.05, 4.69) is 6.92 Å². The Kier molecular flexibility index (Phi) is 5.80. The molecule has 0 saturated carbocycles. The lowest BCUT2D eigenvalue weighted by Crippen LogP contribution is -2.07. The molecule has 2 aromatic carbocycles. The number of aryl methyl sites for hydroxylation is 1. The van der Waals surface area contributed by atoms with Crippen molar-refractivity contribution in [3.05, 3.63) is 64.2 Å². The fraction of sp³-hybridized carbons (Fsp3) is 0.280. The third kappa shape index (κ3) is 4.06. The molecule has 0 aliphatic carbocycles. The smallest absolute Gasteiger partial charge is 0.374 e. The van der Waals surface area contributed by atoms with Gasteiger partial charge in [0, 0.05) is 11.5 Å². The second-order valence-electron chi connectivity index (χ2n) is 7.31. The minimum Gasteiger partial charge on any atom is -0.493 e. The number of hydrogen-bond donors (Lipinski definition) is 0. The molecule has 0 fully saturated rings. The second kappa shape index (κ2) is 8.68. The normalized spacial score (nSPS) is 11.2. The molecule has 0 saturated heterocycles. The Hall–Kier alpha value is -3.54. The van der Waals surface area contributed by atoms with E-state index in [0.717, 1.165) is 12.8 Å². The first-order valence-electron chi connectivity index (χ1n) is 10.4. The predicted molar refractivity (Wildman–Crippen MR) is 119 cm³/mol. The summed E-state index contributed by atoms with van der Waals surface area (Å²) in [5.74, 6) is 0.810. The average Bonchev–Trinajstić information content (AvgIpc) is 3.18. The van der Waals surface area contributed by atoms with Crippen LogP contribution in [-0.2, 0) is 4.74 Å². The van der Waals surface area contributed by atoms with Crippen LogP contribution >= 0.6 is 0 Å². The minimum absolute atomic E-state index is 0.118. The van der Waals surface area contributed by atoms with Crippen LogP contribution in [0.15, 0.2) is 56.1 Å². The highest BCUT2D eigenvalue weighted by atomic mass is 16.5. The lowest BCUT2D eigenvalue weighted by atomic mass is 10.0. The number of ether oxygens (including phenoxy) is 2. The first-order chi connectivity index (χ1) is 15.0. The van der Waals surface area contributed by atoms with Crippen LogP contribution in [0.1, 0.15) is 43.0 Å². The Morgan fingerprint density at radius 2 is 1.84 bits per heavy atom. The van der Waals surface area contributed by atoms with E-state index in [1.807, 2.05) is 6.07 Å². The van der Waals surface area contributed by atoms with Crippen molar-refractivity contribution in [3.63, 3.8) is 0 Å². The van der Waals surface area contributed by atoms with Crippen LogP contribution in [0, 0.1) is 6.92 Å². The van der Waals surface area contributed by atoms with Gasteiger partial charge in [-0.25, -0.2) is 4.79 Å². The molecular formula is C25H24O6. The molecule has 160 valence electrons. The molecule has 0 unspecified atom stereocenters. The molecule has 0 aliphatic heterocycles. The SMILES string of the molecule is CCCCOc1ccc2c(=O)c(-c3ccc4oc(C(=O)OCC)cc4c3)c(C)oc2c1. The van der Waals surface area contributed by atoms with Crippen molar-refractivity contribution in [3.8, 4) is 16.9 Å². The molecule has 0 bridgehead atoms. The van der Waals surface area contributed by atoms with Crippen molar-refractivity contribution in [1.29, 1.82) is 0 Å². The van der Waals surface area contributed by atoms with E-state index >= 15 is 0 Å². The maximum atomic E-state index is 13.3. The van der Waals surface area contributed by atoms with Gasteiger partial charge in [-0.1, -0.05) is 19.4 Å². The quantitative estimate of drug-likeness (QED) is 0.275. The third-order valence-electron chi connectivity index (χ3n) is 5.09. The van der Waals surface area contributed by atoms with E-state index in [1.54, 1.807) is 50.2 Å². The Morgan fingerprint density at radius 1 is 1.00 bits per heavy atom. The Morgan fingerprint density at radius 3 is 2.61 bits per heavy atom. The number of carbonyl (C=O) groups is 1. The summed E-state index contributed by atoms with van der Waals surface area (Å²) in [6.07, 6.45) is 2.02. The third-order valence-corrected chi connectivity index (χ3v) is 5.09. The number of hydrogen-bond acceptors (Lipinski definition) is 6. The molecule has 0 radical (unpaired) electrons. The van der Waals surface area contributed by atoms with Crippen LogP contribution in [-0.4, -0.2) is 19.2 Å². The Labute approximate surface area is 179 Å². The molecule has 2 heterocycles. The zero-order valence-corrected chi connectivity index (χ0v) is 17.8. The fourth-order valence-corrected chi connectivity index (χ4v) is 3.55. The van der Waals surface area contributed by atoms with Gasteiger partial charge in [0.25, 0.3) is 0 Å². The van der Waals surface area contributed by atoms with Crippen LogP contribution in [0.4, 0.5) is 0 Å². The zero-order valence-electron chi connectivity index (χ0n) is 17.8. The number of carbonyl (C=O) groups excluding carboxylic acids is 1. The van der Waals surface area contributed by atoms with E-state index in [-0.39, 0.29) is 17.8 Å². The van der Waals surface area contributed by atoms with Crippen LogP contribution in [0.2, 0.25) is 0 Å². The number of fused-ring (bicyclic) bond motifs is 2. The van der Waals surface area contributed by atoms with Crippen LogP contribution in [0.3, 0.4) is 0 Å². The molecule has 0 atom stereocenters. The summed E-state index contributed by atoms with van der Waals surface area (Å²) >= 11 is 0. The molecule has 0 aliphatic rings. The summed E-state index contributed by atoms with van der Waals surface area (Å²) in [6, 6.07) is 12.2. The first kappa shape index (κ1) is 20.7. The van der Waals surface area contributed by atoms with Gasteiger partial charge in [0.1, 0.15) is 22.7 Å². The molecule has 6 heteroatoms. The Balaban J connectivity index is 1.74. The van der Waals surface area contributed by atoms with Gasteiger partial charge in [-0.3, -0.25) is 4.79 Å². The lowest BCUT2D eigenvalue weighted by molar-refractivity contribution is 0.0492. The van der Waals surface area contributed by atoms with Crippen LogP contribution in [0.5, 0.6) is 5.75 Å². The highest BCUT2D eigenvalue weighted by Crippen LogP contribution is 2.30. The standard InChI is InChI=1S/C25H24O6/c1-4-6-11-29-18-8-9-19-21(14-18)30-15(3)23(24(19)26)16-7-10-20-17(12-16)13-22(31-20)25(27)28-5-2/h7-10,12-14H,4-6,11H2,1-3H3. The van der Waals surface area contributed by atoms with Crippen molar-refractivity contribution in [2.45, 2.75) is 33.6 Å². The largest absolute Gasteiger partial charge is 0.493 e. The maximum absolute atomic E-state index is 13.3. The van der Waals surface area contributed by atoms with Gasteiger partial charge in [0.2, 0.25) is 11.2 Å². The minimum atomic E-state index is -0.515. The summed E-state index contributed by atoms with van der Waals surface area (Å²) < 4.78 is 22.3. The molecule has 4 rings (SSSR count). The number of esters is 1. The van der Waals surface area contributed by atoms with Gasteiger partial charge in [-0.2, -0.15) is 0 Å². The van der Waals surface area contributed by atoms with Gasteiger partial charge in [0.15, 0.2) is 0 Å². The van der Waals surface area contributed by atoms with E-state index in [9.17, 15) is 9.59 Å². The summed E-state index contributed by atoms with van der Waals surface area (Å²) in [7, 11) is 0. The highest BCUT2D eigenvalue weighted by Gasteiger charge is 2.17. The molecule has 0 spiro atoms. The van der Waals surface area contributed by atoms with E-state index < -0.39 is 5.97 Å². The molecule has 0 N–H and O–H groups in total. The van der Waals surface area contributed by atoms with E-state index in [1.165, 1.54) is 0 Å². The summed E-state index contributed by atoms with van der Waals surface area (Å²) in [4.78, 5) is 25.2. The van der Waals surface area contributed by atoms with Crippen molar-refractivity contribution < 1.29 is 23.1 Å². The monoisotopic (exact) mass is 420 g/mol. The van der Waals surface area contributed by atoms with Gasteiger partial charge >= 0.3 is 5.97 Å². The Bertz CT molecular complexity index is 1310. The number of unbranched alkanes of at least 4 members (excludes halogenated alkanes) is 1. The van der Waals surface area contributed by atoms with Gasteiger partial charge in [-0.05, 0) is 56.2 Å². The number of benzene rings is 2. The predicted octanol–water partition coefficient (Wildman–Crippen LogP) is 5.87. The van der Waals surface area contributed by atoms with Crippen molar-refractivity contribution in [2.24, 2.45) is 0 Å². The molecular weight excluding hydrogens is 396 g/mol.